The first-order valence-electron chi connectivity index (χ1n) is 10.5. The number of pyridine rings is 1. The quantitative estimate of drug-likeness (QED) is 0.189. The third-order valence-corrected chi connectivity index (χ3v) is 5.23. The maximum Gasteiger partial charge on any atom is 0.458 e. The third kappa shape index (κ3) is 5.44. The van der Waals surface area contributed by atoms with Crippen molar-refractivity contribution < 1.29 is 44.3 Å². The summed E-state index contributed by atoms with van der Waals surface area (Å²) in [7, 11) is 0. The lowest BCUT2D eigenvalue weighted by Crippen LogP contribution is -2.25. The highest BCUT2D eigenvalue weighted by Gasteiger charge is 2.41. The molecule has 1 heterocycles. The van der Waals surface area contributed by atoms with Gasteiger partial charge in [-0.15, -0.1) is 0 Å². The van der Waals surface area contributed by atoms with Crippen LogP contribution in [0.3, 0.4) is 0 Å². The molecule has 0 aliphatic rings. The molecule has 0 radical (unpaired) electrons. The second-order valence-electron chi connectivity index (χ2n) is 7.79. The molecule has 3 aromatic carbocycles. The highest BCUT2D eigenvalue weighted by atomic mass is 19.4. The van der Waals surface area contributed by atoms with Crippen molar-refractivity contribution in [3.8, 4) is 28.8 Å². The molecule has 194 valence electrons. The van der Waals surface area contributed by atoms with Gasteiger partial charge in [-0.1, -0.05) is 24.6 Å². The van der Waals surface area contributed by atoms with Crippen LogP contribution in [-0.4, -0.2) is 11.2 Å². The van der Waals surface area contributed by atoms with E-state index in [9.17, 15) is 39.5 Å². The zero-order valence-corrected chi connectivity index (χ0v) is 18.7. The molecule has 0 atom stereocenters. The number of benzene rings is 3. The van der Waals surface area contributed by atoms with Gasteiger partial charge in [0.2, 0.25) is 0 Å². The van der Waals surface area contributed by atoms with Crippen molar-refractivity contribution in [2.24, 2.45) is 0 Å². The summed E-state index contributed by atoms with van der Waals surface area (Å²) in [5, 5.41) is -0.832. The van der Waals surface area contributed by atoms with E-state index < -0.39 is 57.8 Å². The Bertz CT molecular complexity index is 1590. The number of hydrogen-bond acceptors (Lipinski definition) is 2. The van der Waals surface area contributed by atoms with E-state index in [1.807, 2.05) is 0 Å². The summed E-state index contributed by atoms with van der Waals surface area (Å²) in [6, 6.07) is 7.12. The van der Waals surface area contributed by atoms with Gasteiger partial charge < -0.3 is 4.74 Å². The van der Waals surface area contributed by atoms with Crippen LogP contribution in [0.25, 0.3) is 28.1 Å². The molecule has 4 rings (SSSR count). The van der Waals surface area contributed by atoms with Crippen LogP contribution in [0, 0.1) is 35.1 Å². The zero-order valence-electron chi connectivity index (χ0n) is 18.7. The van der Waals surface area contributed by atoms with E-state index in [1.165, 1.54) is 24.3 Å². The number of ether oxygens (including phenoxy) is 1. The van der Waals surface area contributed by atoms with Gasteiger partial charge in [-0.05, 0) is 53.4 Å². The van der Waals surface area contributed by atoms with Crippen molar-refractivity contribution in [1.82, 2.24) is 4.98 Å². The molecule has 38 heavy (non-hydrogen) atoms. The van der Waals surface area contributed by atoms with Gasteiger partial charge in [-0.25, -0.2) is 17.6 Å². The Balaban J connectivity index is 1.67. The molecule has 11 heteroatoms. The Morgan fingerprint density at radius 1 is 0.842 bits per heavy atom. The van der Waals surface area contributed by atoms with Crippen molar-refractivity contribution in [2.45, 2.75) is 12.3 Å². The predicted molar refractivity (Wildman–Crippen MR) is 121 cm³/mol. The first-order chi connectivity index (χ1) is 17.8. The monoisotopic (exact) mass is 537 g/mol. The number of alkyl halides is 5. The topological polar surface area (TPSA) is 22.1 Å². The fourth-order valence-corrected chi connectivity index (χ4v) is 3.51. The lowest BCUT2D eigenvalue weighted by Gasteiger charge is -2.20. The Hall–Kier alpha value is -4.46. The van der Waals surface area contributed by atoms with Crippen molar-refractivity contribution >= 4 is 16.8 Å². The lowest BCUT2D eigenvalue weighted by molar-refractivity contribution is -0.189. The van der Waals surface area contributed by atoms with Gasteiger partial charge in [0, 0.05) is 23.1 Å². The number of halogens is 9. The summed E-state index contributed by atoms with van der Waals surface area (Å²) >= 11 is 0. The van der Waals surface area contributed by atoms with Gasteiger partial charge in [-0.2, -0.15) is 22.0 Å². The van der Waals surface area contributed by atoms with Crippen molar-refractivity contribution in [3.05, 3.63) is 101 Å². The molecule has 0 aliphatic heterocycles. The van der Waals surface area contributed by atoms with E-state index in [0.29, 0.717) is 23.8 Å². The minimum atomic E-state index is -5.01. The average Bonchev–Trinajstić information content (AvgIpc) is 2.82. The Morgan fingerprint density at radius 2 is 1.53 bits per heavy atom. The van der Waals surface area contributed by atoms with E-state index in [-0.39, 0.29) is 16.6 Å². The Labute approximate surface area is 209 Å². The minimum Gasteiger partial charge on any atom is -0.429 e. The van der Waals surface area contributed by atoms with Crippen LogP contribution in [0.1, 0.15) is 16.7 Å². The molecule has 4 aromatic rings. The Kier molecular flexibility index (Phi) is 6.84. The lowest BCUT2D eigenvalue weighted by atomic mass is 10.0. The van der Waals surface area contributed by atoms with Gasteiger partial charge in [0.05, 0.1) is 11.3 Å². The predicted octanol–water partition coefficient (Wildman–Crippen LogP) is 8.14. The summed E-state index contributed by atoms with van der Waals surface area (Å²) in [5.74, 6) is -4.88. The number of fused-ring (bicyclic) bond motifs is 1. The van der Waals surface area contributed by atoms with Crippen LogP contribution in [-0.2, 0) is 6.11 Å². The maximum absolute atomic E-state index is 14.8. The summed E-state index contributed by atoms with van der Waals surface area (Å²) in [4.78, 5) is 3.99. The van der Waals surface area contributed by atoms with Crippen LogP contribution in [0.4, 0.5) is 39.5 Å². The van der Waals surface area contributed by atoms with E-state index in [4.69, 9.17) is 0 Å². The van der Waals surface area contributed by atoms with Crippen LogP contribution in [0.15, 0.2) is 61.3 Å². The minimum absolute atomic E-state index is 0.0991. The van der Waals surface area contributed by atoms with Crippen molar-refractivity contribution in [1.29, 1.82) is 0 Å². The normalized spacial score (nSPS) is 11.7. The summed E-state index contributed by atoms with van der Waals surface area (Å²) in [6.45, 7) is 3.54. The number of nitrogens with zero attached hydrogens (tertiary/aromatic N) is 1. The zero-order chi connectivity index (χ0) is 27.8. The van der Waals surface area contributed by atoms with E-state index in [1.54, 1.807) is 6.07 Å². The maximum atomic E-state index is 14.8. The molecule has 0 unspecified atom stereocenters. The molecule has 0 aliphatic carbocycles. The standard InChI is InChI=1S/C27H12F9NO/c1-2-14-3-6-23(37-13-14)16-11-21(29)24(22(30)12-16)27(35,36)38-17-4-5-18-15(9-17)10-20(28)19(25(18)31)7-8-26(32,33)34/h2-6,9-13H,1H2. The van der Waals surface area contributed by atoms with Crippen molar-refractivity contribution in [2.75, 3.05) is 0 Å². The Morgan fingerprint density at radius 3 is 2.11 bits per heavy atom. The molecule has 0 spiro atoms. The van der Waals surface area contributed by atoms with Crippen LogP contribution < -0.4 is 4.74 Å². The van der Waals surface area contributed by atoms with Gasteiger partial charge >= 0.3 is 12.3 Å². The highest BCUT2D eigenvalue weighted by molar-refractivity contribution is 5.86. The van der Waals surface area contributed by atoms with Gasteiger partial charge in [0.15, 0.2) is 0 Å². The summed E-state index contributed by atoms with van der Waals surface area (Å²) in [5.41, 5.74) is -2.31. The second-order valence-corrected chi connectivity index (χ2v) is 7.79. The number of hydrogen-bond donors (Lipinski definition) is 0. The van der Waals surface area contributed by atoms with Crippen LogP contribution in [0.5, 0.6) is 5.75 Å². The molecule has 2 nitrogen and oxygen atoms in total. The van der Waals surface area contributed by atoms with Crippen LogP contribution in [0.2, 0.25) is 0 Å². The molecule has 0 bridgehead atoms. The first kappa shape index (κ1) is 26.6. The largest absolute Gasteiger partial charge is 0.458 e. The number of aromatic nitrogens is 1. The third-order valence-electron chi connectivity index (χ3n) is 5.23. The highest BCUT2D eigenvalue weighted by Crippen LogP contribution is 2.38. The molecule has 0 fully saturated rings. The summed E-state index contributed by atoms with van der Waals surface area (Å²) in [6.07, 6.45) is -6.74. The van der Waals surface area contributed by atoms with E-state index in [0.717, 1.165) is 24.1 Å². The number of rotatable bonds is 5. The van der Waals surface area contributed by atoms with Crippen LogP contribution >= 0.6 is 0 Å². The summed E-state index contributed by atoms with van der Waals surface area (Å²) < 4.78 is 129. The molecule has 0 amide bonds. The smallest absolute Gasteiger partial charge is 0.429 e. The fourth-order valence-electron chi connectivity index (χ4n) is 3.51. The van der Waals surface area contributed by atoms with Gasteiger partial charge in [0.25, 0.3) is 0 Å². The molecule has 0 N–H and O–H groups in total. The van der Waals surface area contributed by atoms with Gasteiger partial charge in [0.1, 0.15) is 34.6 Å². The molecule has 0 saturated heterocycles. The van der Waals surface area contributed by atoms with E-state index in [2.05, 4.69) is 16.3 Å². The molecule has 0 saturated carbocycles. The average molecular weight is 537 g/mol. The van der Waals surface area contributed by atoms with Crippen molar-refractivity contribution in [3.63, 3.8) is 0 Å². The van der Waals surface area contributed by atoms with E-state index >= 15 is 0 Å². The molecular formula is C27H12F9NO. The molecular weight excluding hydrogens is 525 g/mol. The second kappa shape index (κ2) is 9.78. The first-order valence-corrected chi connectivity index (χ1v) is 10.5. The fraction of sp³-hybridized carbons (Fsp3) is 0.0741. The molecule has 1 aromatic heterocycles. The van der Waals surface area contributed by atoms with Gasteiger partial charge in [-0.3, -0.25) is 4.98 Å². The SMILES string of the molecule is C=Cc1ccc(-c2cc(F)c(C(F)(F)Oc3ccc4c(F)c(C#CC(F)(F)F)c(F)cc4c3)c(F)c2)nc1.